The highest BCUT2D eigenvalue weighted by molar-refractivity contribution is 7.89. The predicted octanol–water partition coefficient (Wildman–Crippen LogP) is 1.56. The van der Waals surface area contributed by atoms with Crippen molar-refractivity contribution in [2.24, 2.45) is 5.92 Å². The first kappa shape index (κ1) is 15.9. The third-order valence-corrected chi connectivity index (χ3v) is 6.06. The lowest BCUT2D eigenvalue weighted by Crippen LogP contribution is -2.32. The van der Waals surface area contributed by atoms with E-state index in [1.807, 2.05) is 7.05 Å². The van der Waals surface area contributed by atoms with Gasteiger partial charge in [0.1, 0.15) is 0 Å². The summed E-state index contributed by atoms with van der Waals surface area (Å²) in [5.74, 6) is 0.283. The van der Waals surface area contributed by atoms with E-state index in [1.165, 1.54) is 11.3 Å². The van der Waals surface area contributed by atoms with Gasteiger partial charge in [-0.2, -0.15) is 0 Å². The standard InChI is InChI=1S/C13H22N2O3S2/c1-3-13-10(4-5-18-13)7-15-20(16,17)12-6-11(8-14-2)19-9-12/h6,9-10,13-15H,3-5,7-8H2,1-2H3. The molecule has 0 aromatic carbocycles. The van der Waals surface area contributed by atoms with E-state index < -0.39 is 10.0 Å². The Morgan fingerprint density at radius 2 is 2.30 bits per heavy atom. The maximum absolute atomic E-state index is 12.2. The van der Waals surface area contributed by atoms with Crippen molar-refractivity contribution < 1.29 is 13.2 Å². The van der Waals surface area contributed by atoms with Crippen LogP contribution in [0, 0.1) is 5.92 Å². The van der Waals surface area contributed by atoms with Crippen LogP contribution in [-0.2, 0) is 21.3 Å². The molecule has 1 fully saturated rings. The highest BCUT2D eigenvalue weighted by atomic mass is 32.2. The molecule has 1 aliphatic heterocycles. The topological polar surface area (TPSA) is 67.4 Å². The molecule has 114 valence electrons. The monoisotopic (exact) mass is 318 g/mol. The molecule has 0 amide bonds. The van der Waals surface area contributed by atoms with Crippen LogP contribution >= 0.6 is 11.3 Å². The van der Waals surface area contributed by atoms with Gasteiger partial charge in [0.25, 0.3) is 0 Å². The molecule has 1 saturated heterocycles. The van der Waals surface area contributed by atoms with Gasteiger partial charge in [-0.25, -0.2) is 13.1 Å². The van der Waals surface area contributed by atoms with Crippen molar-refractivity contribution in [2.45, 2.75) is 37.3 Å². The molecule has 0 saturated carbocycles. The average molecular weight is 318 g/mol. The zero-order valence-corrected chi connectivity index (χ0v) is 13.5. The van der Waals surface area contributed by atoms with Crippen molar-refractivity contribution in [1.29, 1.82) is 0 Å². The molecule has 1 aliphatic rings. The van der Waals surface area contributed by atoms with Crippen LogP contribution in [0.3, 0.4) is 0 Å². The summed E-state index contributed by atoms with van der Waals surface area (Å²) >= 11 is 1.46. The van der Waals surface area contributed by atoms with E-state index in [1.54, 1.807) is 11.4 Å². The zero-order chi connectivity index (χ0) is 14.6. The third-order valence-electron chi connectivity index (χ3n) is 3.58. The maximum Gasteiger partial charge on any atom is 0.241 e. The molecule has 20 heavy (non-hydrogen) atoms. The summed E-state index contributed by atoms with van der Waals surface area (Å²) in [4.78, 5) is 1.38. The van der Waals surface area contributed by atoms with Crippen LogP contribution in [0.4, 0.5) is 0 Å². The summed E-state index contributed by atoms with van der Waals surface area (Å²) in [6.45, 7) is 3.95. The Bertz CT molecular complexity index is 527. The Hall–Kier alpha value is -0.470. The molecular formula is C13H22N2O3S2. The lowest BCUT2D eigenvalue weighted by atomic mass is 10.0. The average Bonchev–Trinajstić information content (AvgIpc) is 3.05. The minimum Gasteiger partial charge on any atom is -0.378 e. The normalized spacial score (nSPS) is 23.3. The Labute approximate surface area is 124 Å². The van der Waals surface area contributed by atoms with Crippen molar-refractivity contribution in [3.05, 3.63) is 16.3 Å². The van der Waals surface area contributed by atoms with Crippen molar-refractivity contribution in [2.75, 3.05) is 20.2 Å². The molecule has 2 atom stereocenters. The highest BCUT2D eigenvalue weighted by Gasteiger charge is 2.28. The smallest absolute Gasteiger partial charge is 0.241 e. The number of sulfonamides is 1. The Kier molecular flexibility index (Phi) is 5.57. The molecule has 1 aromatic heterocycles. The van der Waals surface area contributed by atoms with Crippen molar-refractivity contribution >= 4 is 21.4 Å². The first-order valence-electron chi connectivity index (χ1n) is 6.90. The fourth-order valence-corrected chi connectivity index (χ4v) is 4.83. The van der Waals surface area contributed by atoms with Crippen LogP contribution in [0.5, 0.6) is 0 Å². The molecular weight excluding hydrogens is 296 g/mol. The molecule has 0 aliphatic carbocycles. The molecule has 2 rings (SSSR count). The maximum atomic E-state index is 12.2. The predicted molar refractivity (Wildman–Crippen MR) is 80.4 cm³/mol. The van der Waals surface area contributed by atoms with Gasteiger partial charge in [0, 0.05) is 35.9 Å². The Morgan fingerprint density at radius 3 is 3.00 bits per heavy atom. The molecule has 7 heteroatoms. The van der Waals surface area contributed by atoms with Crippen LogP contribution in [-0.4, -0.2) is 34.7 Å². The van der Waals surface area contributed by atoms with Crippen LogP contribution in [0.1, 0.15) is 24.6 Å². The van der Waals surface area contributed by atoms with E-state index in [2.05, 4.69) is 17.0 Å². The van der Waals surface area contributed by atoms with Gasteiger partial charge in [-0.15, -0.1) is 11.3 Å². The fraction of sp³-hybridized carbons (Fsp3) is 0.692. The van der Waals surface area contributed by atoms with Gasteiger partial charge in [-0.1, -0.05) is 6.92 Å². The second-order valence-corrected chi connectivity index (χ2v) is 7.76. The molecule has 2 unspecified atom stereocenters. The van der Waals surface area contributed by atoms with E-state index in [0.29, 0.717) is 18.0 Å². The molecule has 5 nitrogen and oxygen atoms in total. The first-order chi connectivity index (χ1) is 9.56. The van der Waals surface area contributed by atoms with Crippen LogP contribution in [0.25, 0.3) is 0 Å². The molecule has 1 aromatic rings. The van der Waals surface area contributed by atoms with Gasteiger partial charge in [0.05, 0.1) is 11.0 Å². The lowest BCUT2D eigenvalue weighted by molar-refractivity contribution is 0.0884. The number of nitrogens with one attached hydrogen (secondary N) is 2. The van der Waals surface area contributed by atoms with Crippen molar-refractivity contribution in [1.82, 2.24) is 10.0 Å². The molecule has 0 radical (unpaired) electrons. The second-order valence-electron chi connectivity index (χ2n) is 5.00. The van der Waals surface area contributed by atoms with Gasteiger partial charge in [-0.3, -0.25) is 0 Å². The Balaban J connectivity index is 1.96. The number of hydrogen-bond acceptors (Lipinski definition) is 5. The van der Waals surface area contributed by atoms with E-state index in [4.69, 9.17) is 4.74 Å². The van der Waals surface area contributed by atoms with Gasteiger partial charge in [0.2, 0.25) is 10.0 Å². The summed E-state index contributed by atoms with van der Waals surface area (Å²) in [6, 6.07) is 1.73. The summed E-state index contributed by atoms with van der Waals surface area (Å²) in [5, 5.41) is 4.71. The fourth-order valence-electron chi connectivity index (χ4n) is 2.45. The Morgan fingerprint density at radius 1 is 1.50 bits per heavy atom. The third kappa shape index (κ3) is 3.79. The van der Waals surface area contributed by atoms with E-state index >= 15 is 0 Å². The van der Waals surface area contributed by atoms with E-state index in [0.717, 1.165) is 24.3 Å². The molecule has 0 bridgehead atoms. The molecule has 0 spiro atoms. The lowest BCUT2D eigenvalue weighted by Gasteiger charge is -2.16. The van der Waals surface area contributed by atoms with E-state index in [9.17, 15) is 8.42 Å². The minimum absolute atomic E-state index is 0.181. The summed E-state index contributed by atoms with van der Waals surface area (Å²) in [5.41, 5.74) is 0. The van der Waals surface area contributed by atoms with Crippen LogP contribution < -0.4 is 10.0 Å². The van der Waals surface area contributed by atoms with Gasteiger partial charge in [-0.05, 0) is 26.0 Å². The summed E-state index contributed by atoms with van der Waals surface area (Å²) in [7, 11) is -1.56. The quantitative estimate of drug-likeness (QED) is 0.801. The SMILES string of the molecule is CCC1OCCC1CNS(=O)(=O)c1csc(CNC)c1. The van der Waals surface area contributed by atoms with Gasteiger partial charge >= 0.3 is 0 Å². The zero-order valence-electron chi connectivity index (χ0n) is 11.9. The largest absolute Gasteiger partial charge is 0.378 e. The second kappa shape index (κ2) is 7.00. The number of hydrogen-bond donors (Lipinski definition) is 2. The number of ether oxygens (including phenoxy) is 1. The van der Waals surface area contributed by atoms with Gasteiger partial charge in [0.15, 0.2) is 0 Å². The highest BCUT2D eigenvalue weighted by Crippen LogP contribution is 2.24. The summed E-state index contributed by atoms with van der Waals surface area (Å²) in [6.07, 6.45) is 2.03. The van der Waals surface area contributed by atoms with E-state index in [-0.39, 0.29) is 12.0 Å². The van der Waals surface area contributed by atoms with Crippen molar-refractivity contribution in [3.63, 3.8) is 0 Å². The first-order valence-corrected chi connectivity index (χ1v) is 9.26. The van der Waals surface area contributed by atoms with Crippen LogP contribution in [0.15, 0.2) is 16.3 Å². The molecule has 2 heterocycles. The number of rotatable bonds is 7. The van der Waals surface area contributed by atoms with Gasteiger partial charge < -0.3 is 10.1 Å². The van der Waals surface area contributed by atoms with Crippen molar-refractivity contribution in [3.8, 4) is 0 Å². The minimum atomic E-state index is -3.40. The van der Waals surface area contributed by atoms with Crippen LogP contribution in [0.2, 0.25) is 0 Å². The number of thiophene rings is 1. The summed E-state index contributed by atoms with van der Waals surface area (Å²) < 4.78 is 32.8. The molecule has 2 N–H and O–H groups in total.